The Hall–Kier alpha value is -3.38. The normalized spacial score (nSPS) is 17.4. The molecule has 2 unspecified atom stereocenters. The Morgan fingerprint density at radius 2 is 1.91 bits per heavy atom. The van der Waals surface area contributed by atoms with Crippen molar-refractivity contribution in [3.8, 4) is 11.6 Å². The molecule has 12 heteroatoms. The molecule has 2 aliphatic heterocycles. The van der Waals surface area contributed by atoms with Crippen LogP contribution in [0.3, 0.4) is 0 Å². The minimum Gasteiger partial charge on any atom is -0.434 e. The summed E-state index contributed by atoms with van der Waals surface area (Å²) in [5, 5.41) is 14.4. The van der Waals surface area contributed by atoms with Gasteiger partial charge in [0.1, 0.15) is 17.9 Å². The molecule has 2 aromatic rings. The summed E-state index contributed by atoms with van der Waals surface area (Å²) in [6, 6.07) is 4.57. The van der Waals surface area contributed by atoms with Crippen LogP contribution in [0.25, 0.3) is 0 Å². The average molecular weight is 627 g/mol. The molecule has 3 heterocycles. The third-order valence-corrected chi connectivity index (χ3v) is 9.17. The molecule has 2 amide bonds. The molecule has 45 heavy (non-hydrogen) atoms. The maximum absolute atomic E-state index is 14.3. The van der Waals surface area contributed by atoms with Crippen LogP contribution in [0, 0.1) is 17.2 Å². The summed E-state index contributed by atoms with van der Waals surface area (Å²) in [5.41, 5.74) is 0.316. The SMILES string of the molecule is CCN(C(=O)c1cc(F)ccc1Oc1nncnc1N1CCC2(C1)CN(C(CCCNC(C)CC(=O)NC)C(C)C)C2)C(C)C. The summed E-state index contributed by atoms with van der Waals surface area (Å²) in [7, 11) is 1.67. The maximum Gasteiger partial charge on any atom is 0.282 e. The zero-order valence-corrected chi connectivity index (χ0v) is 28.0. The van der Waals surface area contributed by atoms with E-state index in [1.807, 2.05) is 20.8 Å². The molecule has 2 N–H and O–H groups in total. The van der Waals surface area contributed by atoms with Crippen molar-refractivity contribution < 1.29 is 18.7 Å². The van der Waals surface area contributed by atoms with Crippen LogP contribution in [0.4, 0.5) is 10.2 Å². The van der Waals surface area contributed by atoms with Crippen LogP contribution in [0.1, 0.15) is 77.6 Å². The van der Waals surface area contributed by atoms with Crippen LogP contribution in [0.15, 0.2) is 24.5 Å². The van der Waals surface area contributed by atoms with Crippen LogP contribution in [0.5, 0.6) is 11.6 Å². The van der Waals surface area contributed by atoms with Gasteiger partial charge in [-0.25, -0.2) is 9.37 Å². The molecule has 2 atom stereocenters. The smallest absolute Gasteiger partial charge is 0.282 e. The highest BCUT2D eigenvalue weighted by atomic mass is 19.1. The number of halogens is 1. The van der Waals surface area contributed by atoms with E-state index in [9.17, 15) is 14.0 Å². The molecule has 248 valence electrons. The van der Waals surface area contributed by atoms with Gasteiger partial charge in [-0.15, -0.1) is 10.2 Å². The number of carbonyl (C=O) groups excluding carboxylic acids is 2. The highest BCUT2D eigenvalue weighted by molar-refractivity contribution is 5.97. The molecule has 2 saturated heterocycles. The molecule has 0 bridgehead atoms. The quantitative estimate of drug-likeness (QED) is 0.282. The van der Waals surface area contributed by atoms with Gasteiger partial charge in [0, 0.05) is 69.7 Å². The number of aromatic nitrogens is 3. The van der Waals surface area contributed by atoms with Crippen molar-refractivity contribution in [3.63, 3.8) is 0 Å². The first-order chi connectivity index (χ1) is 21.5. The van der Waals surface area contributed by atoms with Gasteiger partial charge in [-0.1, -0.05) is 13.8 Å². The molecule has 0 aliphatic carbocycles. The zero-order valence-electron chi connectivity index (χ0n) is 28.0. The van der Waals surface area contributed by atoms with Crippen LogP contribution in [-0.4, -0.2) is 101 Å². The second-order valence-corrected chi connectivity index (χ2v) is 13.3. The van der Waals surface area contributed by atoms with E-state index in [2.05, 4.69) is 56.4 Å². The molecule has 4 rings (SSSR count). The maximum atomic E-state index is 14.3. The Labute approximate surface area is 267 Å². The van der Waals surface area contributed by atoms with Crippen LogP contribution >= 0.6 is 0 Å². The summed E-state index contributed by atoms with van der Waals surface area (Å²) in [6.07, 6.45) is 5.10. The van der Waals surface area contributed by atoms with Crippen molar-refractivity contribution in [2.75, 3.05) is 51.2 Å². The number of hydrogen-bond acceptors (Lipinski definition) is 9. The lowest BCUT2D eigenvalue weighted by atomic mass is 9.76. The van der Waals surface area contributed by atoms with Crippen molar-refractivity contribution in [2.24, 2.45) is 11.3 Å². The molecule has 2 fully saturated rings. The Morgan fingerprint density at radius 3 is 2.58 bits per heavy atom. The number of carbonyl (C=O) groups is 2. The van der Waals surface area contributed by atoms with Crippen LogP contribution in [-0.2, 0) is 4.79 Å². The molecule has 11 nitrogen and oxygen atoms in total. The molecule has 1 aromatic carbocycles. The lowest BCUT2D eigenvalue weighted by Gasteiger charge is -2.53. The Kier molecular flexibility index (Phi) is 11.7. The monoisotopic (exact) mass is 626 g/mol. The van der Waals surface area contributed by atoms with E-state index in [1.54, 1.807) is 11.9 Å². The first kappa shape index (κ1) is 34.5. The van der Waals surface area contributed by atoms with E-state index in [0.717, 1.165) is 52.0 Å². The van der Waals surface area contributed by atoms with Crippen LogP contribution in [0.2, 0.25) is 0 Å². The highest BCUT2D eigenvalue weighted by Gasteiger charge is 2.50. The van der Waals surface area contributed by atoms with Gasteiger partial charge in [0.05, 0.1) is 5.56 Å². The Balaban J connectivity index is 1.38. The number of likely N-dealkylation sites (tertiary alicyclic amines) is 1. The molecular formula is C33H51FN8O3. The molecule has 0 radical (unpaired) electrons. The van der Waals surface area contributed by atoms with Gasteiger partial charge < -0.3 is 25.2 Å². The number of hydrogen-bond donors (Lipinski definition) is 2. The molecular weight excluding hydrogens is 575 g/mol. The van der Waals surface area contributed by atoms with Crippen molar-refractivity contribution in [3.05, 3.63) is 35.9 Å². The fraction of sp³-hybridized carbons (Fsp3) is 0.667. The predicted molar refractivity (Wildman–Crippen MR) is 173 cm³/mol. The minimum absolute atomic E-state index is 0.0499. The fourth-order valence-corrected chi connectivity index (χ4v) is 6.78. The lowest BCUT2D eigenvalue weighted by Crippen LogP contribution is -2.62. The third kappa shape index (κ3) is 8.46. The number of benzene rings is 1. The average Bonchev–Trinajstić information content (AvgIpc) is 3.43. The largest absolute Gasteiger partial charge is 0.434 e. The van der Waals surface area contributed by atoms with Gasteiger partial charge in [0.15, 0.2) is 5.82 Å². The first-order valence-electron chi connectivity index (χ1n) is 16.4. The number of amides is 2. The summed E-state index contributed by atoms with van der Waals surface area (Å²) < 4.78 is 20.5. The first-order valence-corrected chi connectivity index (χ1v) is 16.4. The second-order valence-electron chi connectivity index (χ2n) is 13.3. The van der Waals surface area contributed by atoms with Gasteiger partial charge in [-0.3, -0.25) is 14.5 Å². The summed E-state index contributed by atoms with van der Waals surface area (Å²) in [6.45, 7) is 17.5. The number of nitrogens with one attached hydrogen (secondary N) is 2. The number of ether oxygens (including phenoxy) is 1. The molecule has 1 aromatic heterocycles. The fourth-order valence-electron chi connectivity index (χ4n) is 6.78. The van der Waals surface area contributed by atoms with E-state index in [0.29, 0.717) is 30.7 Å². The van der Waals surface area contributed by atoms with E-state index >= 15 is 0 Å². The van der Waals surface area contributed by atoms with E-state index < -0.39 is 5.82 Å². The zero-order chi connectivity index (χ0) is 32.7. The number of rotatable bonds is 15. The van der Waals surface area contributed by atoms with Gasteiger partial charge in [-0.05, 0) is 77.6 Å². The summed E-state index contributed by atoms with van der Waals surface area (Å²) >= 11 is 0. The van der Waals surface area contributed by atoms with Crippen molar-refractivity contribution in [1.29, 1.82) is 0 Å². The highest BCUT2D eigenvalue weighted by Crippen LogP contribution is 2.44. The lowest BCUT2D eigenvalue weighted by molar-refractivity contribution is -0.121. The van der Waals surface area contributed by atoms with E-state index in [1.165, 1.54) is 24.5 Å². The minimum atomic E-state index is -0.509. The standard InChI is InChI=1S/C33H51FN8O3/c1-8-42(23(4)5)32(44)26-17-25(34)11-12-28(26)45-31-30(37-21-38-39-31)40-15-13-33(18-40)19-41(20-33)27(22(2)3)10-9-14-36-24(6)16-29(43)35-7/h11-12,17,21-24,27,36H,8-10,13-16,18-20H2,1-7H3,(H,35,43). The van der Waals surface area contributed by atoms with Crippen molar-refractivity contribution in [1.82, 2.24) is 35.6 Å². The van der Waals surface area contributed by atoms with Gasteiger partial charge in [0.2, 0.25) is 5.91 Å². The Bertz CT molecular complexity index is 1300. The predicted octanol–water partition coefficient (Wildman–Crippen LogP) is 4.10. The van der Waals surface area contributed by atoms with Gasteiger partial charge in [-0.2, -0.15) is 0 Å². The molecule has 1 spiro atoms. The van der Waals surface area contributed by atoms with Gasteiger partial charge >= 0.3 is 0 Å². The number of anilines is 1. The Morgan fingerprint density at radius 1 is 1.16 bits per heavy atom. The van der Waals surface area contributed by atoms with Gasteiger partial charge in [0.25, 0.3) is 11.8 Å². The van der Waals surface area contributed by atoms with E-state index in [4.69, 9.17) is 4.74 Å². The third-order valence-electron chi connectivity index (χ3n) is 9.17. The summed E-state index contributed by atoms with van der Waals surface area (Å²) in [5.74, 6) is 0.804. The van der Waals surface area contributed by atoms with Crippen molar-refractivity contribution >= 4 is 17.6 Å². The topological polar surface area (TPSA) is 116 Å². The summed E-state index contributed by atoms with van der Waals surface area (Å²) in [4.78, 5) is 36.0. The molecule has 0 saturated carbocycles. The number of nitrogens with zero attached hydrogens (tertiary/aromatic N) is 6. The van der Waals surface area contributed by atoms with Crippen molar-refractivity contribution in [2.45, 2.75) is 85.4 Å². The molecule has 2 aliphatic rings. The van der Waals surface area contributed by atoms with E-state index in [-0.39, 0.29) is 46.5 Å². The second kappa shape index (κ2) is 15.3. The van der Waals surface area contributed by atoms with Crippen LogP contribution < -0.4 is 20.3 Å².